The van der Waals surface area contributed by atoms with Crippen LogP contribution in [0.25, 0.3) is 18.3 Å². The van der Waals surface area contributed by atoms with Crippen molar-refractivity contribution in [2.45, 2.75) is 0 Å². The van der Waals surface area contributed by atoms with Crippen LogP contribution in [0.15, 0.2) is 53.3 Å². The second kappa shape index (κ2) is 6.18. The molecule has 0 amide bonds. The van der Waals surface area contributed by atoms with Crippen LogP contribution in [0.2, 0.25) is 5.02 Å². The Morgan fingerprint density at radius 2 is 2.00 bits per heavy atom. The lowest BCUT2D eigenvalue weighted by Gasteiger charge is -2.02. The molecule has 0 atom stereocenters. The summed E-state index contributed by atoms with van der Waals surface area (Å²) in [6.07, 6.45) is 1.76. The lowest BCUT2D eigenvalue weighted by atomic mass is 10.1. The molecule has 4 nitrogen and oxygen atoms in total. The first-order valence-corrected chi connectivity index (χ1v) is 7.38. The van der Waals surface area contributed by atoms with Crippen LogP contribution >= 0.6 is 11.6 Å². The molecule has 0 aliphatic heterocycles. The highest BCUT2D eigenvalue weighted by molar-refractivity contribution is 6.30. The van der Waals surface area contributed by atoms with Gasteiger partial charge in [-0.25, -0.2) is 4.68 Å². The van der Waals surface area contributed by atoms with Gasteiger partial charge in [-0.1, -0.05) is 42.4 Å². The molecule has 0 aliphatic carbocycles. The van der Waals surface area contributed by atoms with E-state index < -0.39 is 0 Å². The SMILES string of the molecule is C=c1[nH]n(-c2cccc(Cl)c2)c(=O)/c1=C\c1ccccc1OC. The molecule has 3 rings (SSSR count). The summed E-state index contributed by atoms with van der Waals surface area (Å²) >= 11 is 5.99. The molecule has 5 heteroatoms. The zero-order valence-electron chi connectivity index (χ0n) is 12.5. The lowest BCUT2D eigenvalue weighted by Crippen LogP contribution is -2.34. The molecule has 2 aromatic carbocycles. The zero-order chi connectivity index (χ0) is 16.4. The Balaban J connectivity index is 2.21. The van der Waals surface area contributed by atoms with Crippen LogP contribution in [-0.4, -0.2) is 16.9 Å². The Labute approximate surface area is 137 Å². The van der Waals surface area contributed by atoms with E-state index in [9.17, 15) is 4.79 Å². The van der Waals surface area contributed by atoms with E-state index in [4.69, 9.17) is 16.3 Å². The summed E-state index contributed by atoms with van der Waals surface area (Å²) < 4.78 is 6.74. The molecular formula is C18H15ClN2O2. The average Bonchev–Trinajstić information content (AvgIpc) is 2.83. The maximum atomic E-state index is 12.7. The van der Waals surface area contributed by atoms with Crippen LogP contribution in [-0.2, 0) is 0 Å². The molecule has 0 fully saturated rings. The number of aromatic amines is 1. The van der Waals surface area contributed by atoms with Crippen molar-refractivity contribution >= 4 is 24.3 Å². The Bertz CT molecular complexity index is 1020. The number of hydrogen-bond acceptors (Lipinski definition) is 2. The van der Waals surface area contributed by atoms with Crippen molar-refractivity contribution in [2.24, 2.45) is 0 Å². The molecule has 1 aromatic heterocycles. The van der Waals surface area contributed by atoms with Gasteiger partial charge >= 0.3 is 0 Å². The van der Waals surface area contributed by atoms with Gasteiger partial charge in [0, 0.05) is 10.6 Å². The number of rotatable bonds is 3. The highest BCUT2D eigenvalue weighted by Gasteiger charge is 2.06. The summed E-state index contributed by atoms with van der Waals surface area (Å²) in [7, 11) is 1.60. The molecule has 1 N–H and O–H groups in total. The molecule has 23 heavy (non-hydrogen) atoms. The van der Waals surface area contributed by atoms with Gasteiger partial charge in [-0.2, -0.15) is 0 Å². The standard InChI is InChI=1S/C18H15ClN2O2/c1-12-16(10-13-6-3-4-9-17(13)23-2)18(22)21(20-12)15-8-5-7-14(19)11-15/h3-11,20H,1H2,2H3/b16-10-. The summed E-state index contributed by atoms with van der Waals surface area (Å²) in [6.45, 7) is 3.92. The molecule has 0 saturated carbocycles. The van der Waals surface area contributed by atoms with Crippen LogP contribution in [0.1, 0.15) is 5.56 Å². The molecular weight excluding hydrogens is 312 g/mol. The summed E-state index contributed by atoms with van der Waals surface area (Å²) in [4.78, 5) is 12.7. The third kappa shape index (κ3) is 2.94. The summed E-state index contributed by atoms with van der Waals surface area (Å²) in [6, 6.07) is 14.6. The Morgan fingerprint density at radius 1 is 1.22 bits per heavy atom. The maximum Gasteiger partial charge on any atom is 0.279 e. The number of nitrogens with one attached hydrogen (secondary N) is 1. The Morgan fingerprint density at radius 3 is 2.74 bits per heavy atom. The van der Waals surface area contributed by atoms with E-state index in [0.717, 1.165) is 5.56 Å². The summed E-state index contributed by atoms with van der Waals surface area (Å²) in [5, 5.41) is 4.55. The highest BCUT2D eigenvalue weighted by Crippen LogP contribution is 2.17. The van der Waals surface area contributed by atoms with Gasteiger partial charge < -0.3 is 4.74 Å². The average molecular weight is 327 g/mol. The third-order valence-electron chi connectivity index (χ3n) is 3.51. The van der Waals surface area contributed by atoms with Gasteiger partial charge in [-0.05, 0) is 30.3 Å². The van der Waals surface area contributed by atoms with Crippen molar-refractivity contribution in [1.29, 1.82) is 0 Å². The monoisotopic (exact) mass is 326 g/mol. The second-order valence-corrected chi connectivity index (χ2v) is 5.45. The van der Waals surface area contributed by atoms with Crippen molar-refractivity contribution in [3.63, 3.8) is 0 Å². The summed E-state index contributed by atoms with van der Waals surface area (Å²) in [5.74, 6) is 0.696. The Kier molecular flexibility index (Phi) is 4.08. The minimum atomic E-state index is -0.192. The van der Waals surface area contributed by atoms with Crippen LogP contribution in [0, 0.1) is 0 Å². The first-order chi connectivity index (χ1) is 11.1. The van der Waals surface area contributed by atoms with Gasteiger partial charge in [0.2, 0.25) is 0 Å². The number of aromatic nitrogens is 2. The van der Waals surface area contributed by atoms with Crippen molar-refractivity contribution in [3.05, 3.63) is 80.0 Å². The first kappa shape index (κ1) is 15.2. The molecule has 116 valence electrons. The minimum Gasteiger partial charge on any atom is -0.496 e. The number of ether oxygens (including phenoxy) is 1. The van der Waals surface area contributed by atoms with E-state index in [1.165, 1.54) is 4.68 Å². The fourth-order valence-electron chi connectivity index (χ4n) is 2.38. The number of halogens is 1. The van der Waals surface area contributed by atoms with Crippen LogP contribution in [0.4, 0.5) is 0 Å². The number of H-pyrrole nitrogens is 1. The maximum absolute atomic E-state index is 12.7. The van der Waals surface area contributed by atoms with E-state index in [0.29, 0.717) is 27.0 Å². The molecule has 0 saturated heterocycles. The molecule has 0 spiro atoms. The Hall–Kier alpha value is -2.72. The van der Waals surface area contributed by atoms with Gasteiger partial charge in [0.1, 0.15) is 5.75 Å². The van der Waals surface area contributed by atoms with Crippen LogP contribution in [0.3, 0.4) is 0 Å². The lowest BCUT2D eigenvalue weighted by molar-refractivity contribution is 0.414. The number of para-hydroxylation sites is 1. The van der Waals surface area contributed by atoms with E-state index in [1.807, 2.05) is 24.3 Å². The predicted molar refractivity (Wildman–Crippen MR) is 92.7 cm³/mol. The van der Waals surface area contributed by atoms with E-state index >= 15 is 0 Å². The van der Waals surface area contributed by atoms with Gasteiger partial charge in [0.15, 0.2) is 0 Å². The van der Waals surface area contributed by atoms with E-state index in [2.05, 4.69) is 11.7 Å². The topological polar surface area (TPSA) is 47.0 Å². The number of nitrogens with zero attached hydrogens (tertiary/aromatic N) is 1. The summed E-state index contributed by atoms with van der Waals surface area (Å²) in [5.41, 5.74) is 1.28. The van der Waals surface area contributed by atoms with E-state index in [1.54, 1.807) is 37.5 Å². The third-order valence-corrected chi connectivity index (χ3v) is 3.75. The molecule has 0 aliphatic rings. The molecule has 0 unspecified atom stereocenters. The largest absolute Gasteiger partial charge is 0.496 e. The van der Waals surface area contributed by atoms with Gasteiger partial charge in [-0.3, -0.25) is 9.89 Å². The fraction of sp³-hybridized carbons (Fsp3) is 0.0556. The van der Waals surface area contributed by atoms with Gasteiger partial charge in [-0.15, -0.1) is 0 Å². The van der Waals surface area contributed by atoms with Crippen LogP contribution in [0.5, 0.6) is 5.75 Å². The fourth-order valence-corrected chi connectivity index (χ4v) is 2.57. The first-order valence-electron chi connectivity index (χ1n) is 7.01. The number of benzene rings is 2. The minimum absolute atomic E-state index is 0.192. The van der Waals surface area contributed by atoms with Crippen molar-refractivity contribution in [3.8, 4) is 11.4 Å². The molecule has 3 aromatic rings. The van der Waals surface area contributed by atoms with Gasteiger partial charge in [0.05, 0.1) is 23.4 Å². The van der Waals surface area contributed by atoms with Crippen LogP contribution < -0.4 is 20.9 Å². The normalized spacial score (nSPS) is 11.7. The predicted octanol–water partition coefficient (Wildman–Crippen LogP) is 2.07. The van der Waals surface area contributed by atoms with Crippen molar-refractivity contribution in [2.75, 3.05) is 7.11 Å². The number of hydrogen-bond donors (Lipinski definition) is 1. The smallest absolute Gasteiger partial charge is 0.279 e. The molecule has 0 bridgehead atoms. The quantitative estimate of drug-likeness (QED) is 0.801. The van der Waals surface area contributed by atoms with Crippen molar-refractivity contribution < 1.29 is 4.74 Å². The van der Waals surface area contributed by atoms with E-state index in [-0.39, 0.29) is 5.56 Å². The number of methoxy groups -OCH3 is 1. The van der Waals surface area contributed by atoms with Crippen molar-refractivity contribution in [1.82, 2.24) is 9.78 Å². The van der Waals surface area contributed by atoms with Gasteiger partial charge in [0.25, 0.3) is 5.56 Å². The molecule has 0 radical (unpaired) electrons. The second-order valence-electron chi connectivity index (χ2n) is 5.01. The highest BCUT2D eigenvalue weighted by atomic mass is 35.5. The molecule has 1 heterocycles. The zero-order valence-corrected chi connectivity index (χ0v) is 13.3.